The highest BCUT2D eigenvalue weighted by Gasteiger charge is 2.54. The maximum absolute atomic E-state index is 13.0. The van der Waals surface area contributed by atoms with Crippen molar-refractivity contribution in [3.05, 3.63) is 29.0 Å². The monoisotopic (exact) mass is 273 g/mol. The van der Waals surface area contributed by atoms with Crippen LogP contribution in [-0.2, 0) is 0 Å². The highest BCUT2D eigenvalue weighted by molar-refractivity contribution is 7.71. The first-order valence-electron chi connectivity index (χ1n) is 7.39. The van der Waals surface area contributed by atoms with Crippen molar-refractivity contribution in [1.29, 1.82) is 0 Å². The maximum Gasteiger partial charge on any atom is 0.237 e. The fourth-order valence-electron chi connectivity index (χ4n) is 5.22. The predicted molar refractivity (Wildman–Crippen MR) is 76.5 cm³/mol. The Bertz CT molecular complexity index is 553. The first-order valence-corrected chi connectivity index (χ1v) is 7.80. The van der Waals surface area contributed by atoms with Crippen LogP contribution in [0.15, 0.2) is 24.4 Å². The lowest BCUT2D eigenvalue weighted by Crippen LogP contribution is -2.51. The summed E-state index contributed by atoms with van der Waals surface area (Å²) >= 11 is 5.33. The van der Waals surface area contributed by atoms with Crippen molar-refractivity contribution >= 4 is 18.1 Å². The van der Waals surface area contributed by atoms with Crippen molar-refractivity contribution in [2.45, 2.75) is 38.5 Å². The molecule has 0 aromatic carbocycles. The molecular weight excluding hydrogens is 254 g/mol. The van der Waals surface area contributed by atoms with Crippen LogP contribution in [-0.4, -0.2) is 10.5 Å². The summed E-state index contributed by atoms with van der Waals surface area (Å²) in [6.07, 6.45) is 9.27. The molecule has 4 aliphatic rings. The molecule has 0 amide bonds. The van der Waals surface area contributed by atoms with E-state index in [2.05, 4.69) is 0 Å². The summed E-state index contributed by atoms with van der Waals surface area (Å²) in [4.78, 5) is 13.0. The summed E-state index contributed by atoms with van der Waals surface area (Å²) in [5.41, 5.74) is -0.0890. The molecule has 4 fully saturated rings. The van der Waals surface area contributed by atoms with Gasteiger partial charge in [-0.1, -0.05) is 18.3 Å². The molecule has 100 valence electrons. The third kappa shape index (κ3) is 1.74. The Labute approximate surface area is 118 Å². The van der Waals surface area contributed by atoms with Crippen LogP contribution in [0.1, 0.15) is 43.3 Å². The van der Waals surface area contributed by atoms with Crippen molar-refractivity contribution in [2.75, 3.05) is 0 Å². The largest absolute Gasteiger partial charge is 0.278 e. The predicted octanol–water partition coefficient (Wildman–Crippen LogP) is 4.07. The number of aromatic nitrogens is 1. The van der Waals surface area contributed by atoms with Crippen LogP contribution in [0.2, 0.25) is 0 Å². The first-order chi connectivity index (χ1) is 9.16. The molecule has 0 saturated heterocycles. The quantitative estimate of drug-likeness (QED) is 0.719. The van der Waals surface area contributed by atoms with E-state index in [9.17, 15) is 4.79 Å². The minimum atomic E-state index is -0.0890. The normalized spacial score (nSPS) is 39.5. The smallest absolute Gasteiger partial charge is 0.237 e. The highest BCUT2D eigenvalue weighted by atomic mass is 32.1. The Morgan fingerprint density at radius 2 is 1.68 bits per heavy atom. The van der Waals surface area contributed by atoms with Crippen LogP contribution >= 0.6 is 12.2 Å². The summed E-state index contributed by atoms with van der Waals surface area (Å²) in [7, 11) is 0. The van der Waals surface area contributed by atoms with Gasteiger partial charge < -0.3 is 0 Å². The molecule has 19 heavy (non-hydrogen) atoms. The van der Waals surface area contributed by atoms with Crippen LogP contribution in [0.5, 0.6) is 0 Å². The van der Waals surface area contributed by atoms with Gasteiger partial charge in [0, 0.05) is 6.20 Å². The Morgan fingerprint density at radius 1 is 1.11 bits per heavy atom. The average molecular weight is 273 g/mol. The van der Waals surface area contributed by atoms with Gasteiger partial charge in [-0.25, -0.2) is 0 Å². The van der Waals surface area contributed by atoms with Gasteiger partial charge in [0.1, 0.15) is 4.64 Å². The molecule has 1 heterocycles. The second kappa shape index (κ2) is 4.02. The zero-order valence-corrected chi connectivity index (χ0v) is 11.9. The summed E-state index contributed by atoms with van der Waals surface area (Å²) in [6.45, 7) is 0. The molecule has 1 aromatic rings. The van der Waals surface area contributed by atoms with Gasteiger partial charge in [-0.2, -0.15) is 0 Å². The van der Waals surface area contributed by atoms with Crippen LogP contribution < -0.4 is 0 Å². The summed E-state index contributed by atoms with van der Waals surface area (Å²) in [5.74, 6) is 2.67. The molecule has 3 heteroatoms. The molecule has 0 radical (unpaired) electrons. The van der Waals surface area contributed by atoms with Gasteiger partial charge in [0.15, 0.2) is 0 Å². The van der Waals surface area contributed by atoms with Crippen LogP contribution in [0.4, 0.5) is 0 Å². The second-order valence-corrected chi connectivity index (χ2v) is 7.33. The Kier molecular flexibility index (Phi) is 2.50. The van der Waals surface area contributed by atoms with E-state index in [-0.39, 0.29) is 11.3 Å². The van der Waals surface area contributed by atoms with Gasteiger partial charge in [0.25, 0.3) is 0 Å². The lowest BCUT2D eigenvalue weighted by atomic mass is 9.49. The summed E-state index contributed by atoms with van der Waals surface area (Å²) in [5, 5.41) is 0. The molecule has 2 nitrogen and oxygen atoms in total. The number of carbonyl (C=O) groups excluding carboxylic acids is 1. The third-order valence-electron chi connectivity index (χ3n) is 5.53. The number of pyridine rings is 1. The molecule has 4 bridgehead atoms. The lowest BCUT2D eigenvalue weighted by molar-refractivity contribution is -0.0402. The van der Waals surface area contributed by atoms with E-state index in [0.717, 1.165) is 37.0 Å². The van der Waals surface area contributed by atoms with E-state index in [4.69, 9.17) is 12.2 Å². The van der Waals surface area contributed by atoms with E-state index in [1.807, 2.05) is 24.4 Å². The van der Waals surface area contributed by atoms with Gasteiger partial charge >= 0.3 is 0 Å². The number of carbonyl (C=O) groups is 1. The van der Waals surface area contributed by atoms with Crippen molar-refractivity contribution in [3.63, 3.8) is 0 Å². The summed E-state index contributed by atoms with van der Waals surface area (Å²) in [6, 6.07) is 5.67. The zero-order chi connectivity index (χ0) is 13.0. The minimum Gasteiger partial charge on any atom is -0.278 e. The van der Waals surface area contributed by atoms with E-state index in [0.29, 0.717) is 4.64 Å². The van der Waals surface area contributed by atoms with Crippen LogP contribution in [0.25, 0.3) is 0 Å². The van der Waals surface area contributed by atoms with E-state index < -0.39 is 0 Å². The van der Waals surface area contributed by atoms with E-state index in [1.165, 1.54) is 19.3 Å². The van der Waals surface area contributed by atoms with Gasteiger partial charge in [0.05, 0.1) is 5.41 Å². The second-order valence-electron chi connectivity index (χ2n) is 6.91. The minimum absolute atomic E-state index is 0.0890. The molecule has 0 atom stereocenters. The molecule has 0 N–H and O–H groups in total. The van der Waals surface area contributed by atoms with Crippen molar-refractivity contribution in [1.82, 2.24) is 4.57 Å². The van der Waals surface area contributed by atoms with Crippen LogP contribution in [0, 0.1) is 27.8 Å². The maximum atomic E-state index is 13.0. The fourth-order valence-corrected chi connectivity index (χ4v) is 5.45. The first kappa shape index (κ1) is 11.8. The van der Waals surface area contributed by atoms with Gasteiger partial charge in [0.2, 0.25) is 5.91 Å². The molecule has 0 aliphatic heterocycles. The van der Waals surface area contributed by atoms with E-state index >= 15 is 0 Å². The third-order valence-corrected chi connectivity index (χ3v) is 5.87. The van der Waals surface area contributed by atoms with Crippen molar-refractivity contribution < 1.29 is 4.79 Å². The van der Waals surface area contributed by atoms with Gasteiger partial charge in [-0.05, 0) is 68.4 Å². The number of rotatable bonds is 1. The molecule has 4 aliphatic carbocycles. The molecule has 4 saturated carbocycles. The van der Waals surface area contributed by atoms with E-state index in [1.54, 1.807) is 4.57 Å². The zero-order valence-electron chi connectivity index (χ0n) is 11.0. The average Bonchev–Trinajstić information content (AvgIpc) is 2.37. The SMILES string of the molecule is O=C(n1ccccc1=S)C12CC3CC(CC(C3)C1)C2. The number of hydrogen-bond donors (Lipinski definition) is 0. The topological polar surface area (TPSA) is 22.0 Å². The molecular formula is C16H19NOS. The van der Waals surface area contributed by atoms with Crippen molar-refractivity contribution in [2.24, 2.45) is 23.2 Å². The molecule has 1 aromatic heterocycles. The molecule has 0 unspecified atom stereocenters. The van der Waals surface area contributed by atoms with Gasteiger partial charge in [-0.15, -0.1) is 0 Å². The van der Waals surface area contributed by atoms with Gasteiger partial charge in [-0.3, -0.25) is 9.36 Å². The van der Waals surface area contributed by atoms with Crippen molar-refractivity contribution in [3.8, 4) is 0 Å². The number of hydrogen-bond acceptors (Lipinski definition) is 2. The van der Waals surface area contributed by atoms with Crippen LogP contribution in [0.3, 0.4) is 0 Å². The Hall–Kier alpha value is -0.960. The fraction of sp³-hybridized carbons (Fsp3) is 0.625. The number of nitrogens with zero attached hydrogens (tertiary/aromatic N) is 1. The summed E-state index contributed by atoms with van der Waals surface area (Å²) < 4.78 is 2.38. The molecule has 0 spiro atoms. The Morgan fingerprint density at radius 3 is 2.21 bits per heavy atom. The Balaban J connectivity index is 1.74. The highest BCUT2D eigenvalue weighted by Crippen LogP contribution is 2.60. The lowest BCUT2D eigenvalue weighted by Gasteiger charge is -2.55. The molecule has 5 rings (SSSR count). The standard InChI is InChI=1S/C16H19NOS/c18-15(17-4-2-1-3-14(17)19)16-8-11-5-12(9-16)7-13(6-11)10-16/h1-4,11-13H,5-10H2.